The highest BCUT2D eigenvalue weighted by molar-refractivity contribution is 8.01. The third-order valence-electron chi connectivity index (χ3n) is 3.75. The molecule has 2 heterocycles. The molecule has 0 radical (unpaired) electrons. The number of rotatable bonds is 8. The van der Waals surface area contributed by atoms with Gasteiger partial charge in [0.15, 0.2) is 5.78 Å². The van der Waals surface area contributed by atoms with Gasteiger partial charge in [0.25, 0.3) is 0 Å². The van der Waals surface area contributed by atoms with Crippen LogP contribution in [0.15, 0.2) is 58.8 Å². The molecule has 0 saturated heterocycles. The number of carbonyl (C=O) groups is 1. The molecular weight excluding hydrogens is 434 g/mol. The first-order valence-corrected chi connectivity index (χ1v) is 10.4. The van der Waals surface area contributed by atoms with E-state index in [1.807, 2.05) is 0 Å². The number of thioether (sulfide) groups is 2. The van der Waals surface area contributed by atoms with Crippen LogP contribution in [-0.2, 0) is 4.79 Å². The van der Waals surface area contributed by atoms with Gasteiger partial charge in [0.2, 0.25) is 10.3 Å². The molecule has 0 aliphatic carbocycles. The molecule has 0 atom stereocenters. The van der Waals surface area contributed by atoms with Gasteiger partial charge in [0.05, 0.1) is 22.9 Å². The largest absolute Gasteiger partial charge is 0.298 e. The van der Waals surface area contributed by atoms with E-state index in [9.17, 15) is 13.6 Å². The highest BCUT2D eigenvalue weighted by Crippen LogP contribution is 2.21. The molecule has 152 valence electrons. The van der Waals surface area contributed by atoms with Gasteiger partial charge in [-0.1, -0.05) is 23.5 Å². The molecule has 4 aromatic rings. The maximum Gasteiger partial charge on any atom is 0.214 e. The molecule has 0 saturated carbocycles. The van der Waals surface area contributed by atoms with Crippen LogP contribution in [0.25, 0.3) is 11.4 Å². The van der Waals surface area contributed by atoms with Crippen LogP contribution < -0.4 is 0 Å². The maximum absolute atomic E-state index is 13.1. The van der Waals surface area contributed by atoms with Crippen LogP contribution in [0.5, 0.6) is 0 Å². The van der Waals surface area contributed by atoms with Crippen molar-refractivity contribution in [1.82, 2.24) is 40.4 Å². The van der Waals surface area contributed by atoms with Gasteiger partial charge in [0.1, 0.15) is 11.6 Å². The van der Waals surface area contributed by atoms with Crippen molar-refractivity contribution in [3.63, 3.8) is 0 Å². The third-order valence-corrected chi connectivity index (χ3v) is 5.71. The Bertz CT molecular complexity index is 1060. The van der Waals surface area contributed by atoms with Crippen LogP contribution in [0.1, 0.15) is 0 Å². The Balaban J connectivity index is 1.35. The molecule has 4 rings (SSSR count). The zero-order chi connectivity index (χ0) is 20.9. The van der Waals surface area contributed by atoms with Crippen LogP contribution in [0, 0.1) is 11.6 Å². The molecule has 0 amide bonds. The Labute approximate surface area is 176 Å². The molecule has 30 heavy (non-hydrogen) atoms. The number of carbonyl (C=O) groups excluding carboxylic acids is 1. The number of aromatic nitrogens is 8. The predicted octanol–water partition coefficient (Wildman–Crippen LogP) is 2.37. The van der Waals surface area contributed by atoms with Crippen molar-refractivity contribution < 1.29 is 13.6 Å². The second kappa shape index (κ2) is 9.09. The van der Waals surface area contributed by atoms with E-state index in [2.05, 4.69) is 31.1 Å². The fraction of sp³-hybridized carbons (Fsp3) is 0.118. The van der Waals surface area contributed by atoms with E-state index >= 15 is 0 Å². The van der Waals surface area contributed by atoms with E-state index in [4.69, 9.17) is 0 Å². The van der Waals surface area contributed by atoms with E-state index < -0.39 is 0 Å². The number of Topliss-reactive ketones (excluding diaryl/α,β-unsaturated/α-hetero) is 1. The Morgan fingerprint density at radius 2 is 1.13 bits per heavy atom. The van der Waals surface area contributed by atoms with Crippen LogP contribution in [-0.4, -0.2) is 57.7 Å². The van der Waals surface area contributed by atoms with Gasteiger partial charge in [0, 0.05) is 0 Å². The van der Waals surface area contributed by atoms with E-state index in [-0.39, 0.29) is 28.9 Å². The van der Waals surface area contributed by atoms with E-state index in [1.165, 1.54) is 57.2 Å². The number of nitrogens with zero attached hydrogens (tertiary/aromatic N) is 8. The fourth-order valence-electron chi connectivity index (χ4n) is 2.36. The van der Waals surface area contributed by atoms with E-state index in [0.29, 0.717) is 21.7 Å². The zero-order valence-electron chi connectivity index (χ0n) is 15.1. The van der Waals surface area contributed by atoms with Gasteiger partial charge in [-0.25, -0.2) is 8.78 Å². The summed E-state index contributed by atoms with van der Waals surface area (Å²) in [6.07, 6.45) is 0. The Morgan fingerprint density at radius 3 is 1.53 bits per heavy atom. The monoisotopic (exact) mass is 446 g/mol. The average molecular weight is 446 g/mol. The minimum absolute atomic E-state index is 0.0766. The van der Waals surface area contributed by atoms with Crippen LogP contribution in [0.4, 0.5) is 8.78 Å². The number of benzene rings is 2. The standard InChI is InChI=1S/C17H12F2N8OS2/c18-11-1-5-13(6-2-11)26-16(20-22-24-26)29-9-15(28)10-30-17-21-23-25-27(17)14-7-3-12(19)4-8-14/h1-8H,9-10H2. The molecule has 0 bridgehead atoms. The van der Waals surface area contributed by atoms with Gasteiger partial charge in [-0.3, -0.25) is 4.79 Å². The lowest BCUT2D eigenvalue weighted by Crippen LogP contribution is -2.08. The van der Waals surface area contributed by atoms with Crippen LogP contribution in [0.2, 0.25) is 0 Å². The lowest BCUT2D eigenvalue weighted by molar-refractivity contribution is -0.114. The first-order chi connectivity index (χ1) is 14.6. The molecule has 0 fully saturated rings. The van der Waals surface area contributed by atoms with Crippen molar-refractivity contribution in [2.75, 3.05) is 11.5 Å². The Hall–Kier alpha value is -3.19. The summed E-state index contributed by atoms with van der Waals surface area (Å²) in [6.45, 7) is 0. The minimum Gasteiger partial charge on any atom is -0.298 e. The van der Waals surface area contributed by atoms with Crippen LogP contribution >= 0.6 is 23.5 Å². The summed E-state index contributed by atoms with van der Waals surface area (Å²) in [7, 11) is 0. The zero-order valence-corrected chi connectivity index (χ0v) is 16.7. The fourth-order valence-corrected chi connectivity index (χ4v) is 3.99. The first kappa shape index (κ1) is 20.1. The summed E-state index contributed by atoms with van der Waals surface area (Å²) in [5.74, 6) is -0.543. The molecule has 13 heteroatoms. The smallest absolute Gasteiger partial charge is 0.214 e. The number of hydrogen-bond donors (Lipinski definition) is 0. The van der Waals surface area contributed by atoms with Crippen molar-refractivity contribution in [3.8, 4) is 11.4 Å². The average Bonchev–Trinajstić information content (AvgIpc) is 3.41. The Kier molecular flexibility index (Phi) is 6.09. The van der Waals surface area contributed by atoms with Crippen molar-refractivity contribution >= 4 is 29.3 Å². The second-order valence-corrected chi connectivity index (χ2v) is 7.70. The highest BCUT2D eigenvalue weighted by atomic mass is 32.2. The van der Waals surface area contributed by atoms with E-state index in [1.54, 1.807) is 24.3 Å². The first-order valence-electron chi connectivity index (χ1n) is 8.46. The molecule has 9 nitrogen and oxygen atoms in total. The second-order valence-electron chi connectivity index (χ2n) is 5.82. The summed E-state index contributed by atoms with van der Waals surface area (Å²) in [6, 6.07) is 11.4. The summed E-state index contributed by atoms with van der Waals surface area (Å²) in [4.78, 5) is 12.3. The van der Waals surface area contributed by atoms with Gasteiger partial charge >= 0.3 is 0 Å². The number of hydrogen-bond acceptors (Lipinski definition) is 9. The number of tetrazole rings is 2. The van der Waals surface area contributed by atoms with Gasteiger partial charge in [-0.2, -0.15) is 9.36 Å². The molecule has 0 N–H and O–H groups in total. The highest BCUT2D eigenvalue weighted by Gasteiger charge is 2.15. The third kappa shape index (κ3) is 4.68. The summed E-state index contributed by atoms with van der Waals surface area (Å²) < 4.78 is 29.0. The lowest BCUT2D eigenvalue weighted by Gasteiger charge is -2.05. The molecule has 0 spiro atoms. The van der Waals surface area contributed by atoms with Crippen molar-refractivity contribution in [3.05, 3.63) is 60.2 Å². The Morgan fingerprint density at radius 1 is 0.733 bits per heavy atom. The van der Waals surface area contributed by atoms with Gasteiger partial charge < -0.3 is 0 Å². The number of halogens is 2. The maximum atomic E-state index is 13.1. The summed E-state index contributed by atoms with van der Waals surface area (Å²) >= 11 is 2.34. The summed E-state index contributed by atoms with van der Waals surface area (Å²) in [5, 5.41) is 23.6. The van der Waals surface area contributed by atoms with Crippen molar-refractivity contribution in [2.45, 2.75) is 10.3 Å². The predicted molar refractivity (Wildman–Crippen MR) is 105 cm³/mol. The molecule has 2 aromatic heterocycles. The minimum atomic E-state index is -0.365. The normalized spacial score (nSPS) is 11.0. The molecule has 0 unspecified atom stereocenters. The lowest BCUT2D eigenvalue weighted by atomic mass is 10.3. The van der Waals surface area contributed by atoms with E-state index in [0.717, 1.165) is 0 Å². The topological polar surface area (TPSA) is 104 Å². The number of ketones is 1. The summed E-state index contributed by atoms with van der Waals surface area (Å²) in [5.41, 5.74) is 1.17. The SMILES string of the molecule is O=C(CSc1nnnn1-c1ccc(F)cc1)CSc1nnnn1-c1ccc(F)cc1. The molecule has 0 aliphatic rings. The van der Waals surface area contributed by atoms with Crippen molar-refractivity contribution in [2.24, 2.45) is 0 Å². The van der Waals surface area contributed by atoms with Gasteiger partial charge in [-0.05, 0) is 69.4 Å². The van der Waals surface area contributed by atoms with Crippen molar-refractivity contribution in [1.29, 1.82) is 0 Å². The van der Waals surface area contributed by atoms with Gasteiger partial charge in [-0.15, -0.1) is 10.2 Å². The quantitative estimate of drug-likeness (QED) is 0.377. The molecular formula is C17H12F2N8OS2. The molecule has 2 aromatic carbocycles. The van der Waals surface area contributed by atoms with Crippen LogP contribution in [0.3, 0.4) is 0 Å². The molecule has 0 aliphatic heterocycles.